The van der Waals surface area contributed by atoms with Gasteiger partial charge in [0.1, 0.15) is 5.82 Å². The molecule has 0 saturated heterocycles. The lowest BCUT2D eigenvalue weighted by molar-refractivity contribution is 0.758. The van der Waals surface area contributed by atoms with E-state index in [0.717, 1.165) is 16.8 Å². The highest BCUT2D eigenvalue weighted by atomic mass is 79.9. The monoisotopic (exact) mass is 316 g/mol. The second-order valence-electron chi connectivity index (χ2n) is 5.18. The van der Waals surface area contributed by atoms with Gasteiger partial charge in [-0.05, 0) is 65.9 Å². The van der Waals surface area contributed by atoms with Gasteiger partial charge in [-0.1, -0.05) is 17.7 Å². The Kier molecular flexibility index (Phi) is 3.31. The quantitative estimate of drug-likeness (QED) is 0.767. The van der Waals surface area contributed by atoms with Gasteiger partial charge in [0.25, 0.3) is 0 Å². The van der Waals surface area contributed by atoms with Crippen LogP contribution < -0.4 is 4.90 Å². The Morgan fingerprint density at radius 1 is 1.21 bits per heavy atom. The van der Waals surface area contributed by atoms with Crippen molar-refractivity contribution in [2.24, 2.45) is 0 Å². The van der Waals surface area contributed by atoms with Crippen molar-refractivity contribution in [2.45, 2.75) is 26.7 Å². The molecule has 0 fully saturated rings. The van der Waals surface area contributed by atoms with Crippen molar-refractivity contribution < 1.29 is 0 Å². The van der Waals surface area contributed by atoms with E-state index in [1.165, 1.54) is 35.2 Å². The van der Waals surface area contributed by atoms with Crippen molar-refractivity contribution in [3.05, 3.63) is 51.6 Å². The van der Waals surface area contributed by atoms with Gasteiger partial charge in [-0.2, -0.15) is 0 Å². The number of aromatic nitrogens is 1. The van der Waals surface area contributed by atoms with E-state index >= 15 is 0 Å². The van der Waals surface area contributed by atoms with Crippen LogP contribution in [0.25, 0.3) is 0 Å². The highest BCUT2D eigenvalue weighted by molar-refractivity contribution is 9.10. The van der Waals surface area contributed by atoms with Crippen LogP contribution in [-0.4, -0.2) is 11.5 Å². The summed E-state index contributed by atoms with van der Waals surface area (Å²) in [6.07, 6.45) is 4.25. The third-order valence-corrected chi connectivity index (χ3v) is 4.49. The van der Waals surface area contributed by atoms with E-state index in [0.29, 0.717) is 0 Å². The van der Waals surface area contributed by atoms with Crippen LogP contribution in [0.5, 0.6) is 0 Å². The van der Waals surface area contributed by atoms with E-state index < -0.39 is 0 Å². The molecule has 19 heavy (non-hydrogen) atoms. The first-order valence-electron chi connectivity index (χ1n) is 6.64. The molecule has 0 saturated carbocycles. The largest absolute Gasteiger partial charge is 0.326 e. The molecule has 3 heteroatoms. The molecule has 98 valence electrons. The Balaban J connectivity index is 2.05. The number of fused-ring (bicyclic) bond motifs is 1. The average Bonchev–Trinajstić information content (AvgIpc) is 2.41. The molecule has 0 N–H and O–H groups in total. The minimum atomic E-state index is 1.05. The number of anilines is 2. The highest BCUT2D eigenvalue weighted by Crippen LogP contribution is 2.33. The minimum Gasteiger partial charge on any atom is -0.326 e. The van der Waals surface area contributed by atoms with Gasteiger partial charge in [-0.25, -0.2) is 4.98 Å². The molecule has 1 aliphatic rings. The summed E-state index contributed by atoms with van der Waals surface area (Å²) in [6, 6.07) is 8.86. The molecule has 3 rings (SSSR count). The number of halogens is 1. The van der Waals surface area contributed by atoms with E-state index in [1.54, 1.807) is 0 Å². The summed E-state index contributed by atoms with van der Waals surface area (Å²) < 4.78 is 1.07. The first-order valence-corrected chi connectivity index (χ1v) is 7.43. The Morgan fingerprint density at radius 2 is 2.05 bits per heavy atom. The fourth-order valence-corrected chi connectivity index (χ4v) is 2.85. The second kappa shape index (κ2) is 4.97. The minimum absolute atomic E-state index is 1.05. The van der Waals surface area contributed by atoms with Crippen molar-refractivity contribution in [3.63, 3.8) is 0 Å². The molecule has 0 atom stereocenters. The summed E-state index contributed by atoms with van der Waals surface area (Å²) in [6.45, 7) is 5.31. The molecule has 2 aromatic rings. The number of nitrogens with zero attached hydrogens (tertiary/aromatic N) is 2. The first-order chi connectivity index (χ1) is 9.15. The van der Waals surface area contributed by atoms with Crippen molar-refractivity contribution in [2.75, 3.05) is 11.4 Å². The van der Waals surface area contributed by atoms with Gasteiger partial charge in [0, 0.05) is 22.9 Å². The van der Waals surface area contributed by atoms with E-state index in [2.05, 4.69) is 63.9 Å². The Labute approximate surface area is 122 Å². The zero-order valence-corrected chi connectivity index (χ0v) is 12.9. The summed E-state index contributed by atoms with van der Waals surface area (Å²) >= 11 is 3.51. The number of aryl methyl sites for hydroxylation is 3. The number of benzene rings is 1. The summed E-state index contributed by atoms with van der Waals surface area (Å²) in [5.41, 5.74) is 5.31. The van der Waals surface area contributed by atoms with Gasteiger partial charge >= 0.3 is 0 Å². The SMILES string of the molecule is Cc1ccc2c(c1)CCCN2c1cc(C)c(Br)cn1. The predicted molar refractivity (Wildman–Crippen MR) is 83.2 cm³/mol. The number of rotatable bonds is 1. The van der Waals surface area contributed by atoms with E-state index in [-0.39, 0.29) is 0 Å². The fraction of sp³-hybridized carbons (Fsp3) is 0.312. The summed E-state index contributed by atoms with van der Waals surface area (Å²) in [5, 5.41) is 0. The molecule has 1 aliphatic heterocycles. The Hall–Kier alpha value is -1.35. The standard InChI is InChI=1S/C16H17BrN2/c1-11-5-6-15-13(8-11)4-3-7-19(15)16-9-12(2)14(17)10-18-16/h5-6,8-10H,3-4,7H2,1-2H3. The van der Waals surface area contributed by atoms with Crippen LogP contribution in [0.1, 0.15) is 23.1 Å². The van der Waals surface area contributed by atoms with Crippen LogP contribution in [0.15, 0.2) is 34.9 Å². The normalized spacial score (nSPS) is 14.4. The zero-order chi connectivity index (χ0) is 13.4. The van der Waals surface area contributed by atoms with Crippen LogP contribution in [0.2, 0.25) is 0 Å². The van der Waals surface area contributed by atoms with Crippen molar-refractivity contribution in [1.29, 1.82) is 0 Å². The Morgan fingerprint density at radius 3 is 2.84 bits per heavy atom. The molecular weight excluding hydrogens is 300 g/mol. The molecule has 0 unspecified atom stereocenters. The van der Waals surface area contributed by atoms with E-state index in [9.17, 15) is 0 Å². The van der Waals surface area contributed by atoms with Gasteiger partial charge in [-0.15, -0.1) is 0 Å². The summed E-state index contributed by atoms with van der Waals surface area (Å²) in [4.78, 5) is 6.89. The van der Waals surface area contributed by atoms with Gasteiger partial charge in [-0.3, -0.25) is 0 Å². The van der Waals surface area contributed by atoms with Crippen molar-refractivity contribution in [3.8, 4) is 0 Å². The number of hydrogen-bond acceptors (Lipinski definition) is 2. The molecule has 1 aromatic carbocycles. The smallest absolute Gasteiger partial charge is 0.133 e. The lowest BCUT2D eigenvalue weighted by atomic mass is 9.99. The maximum Gasteiger partial charge on any atom is 0.133 e. The lowest BCUT2D eigenvalue weighted by Gasteiger charge is -2.31. The average molecular weight is 317 g/mol. The zero-order valence-electron chi connectivity index (χ0n) is 11.3. The Bertz CT molecular complexity index is 622. The van der Waals surface area contributed by atoms with Crippen molar-refractivity contribution >= 4 is 27.4 Å². The van der Waals surface area contributed by atoms with Gasteiger partial charge in [0.15, 0.2) is 0 Å². The first kappa shape index (κ1) is 12.7. The maximum atomic E-state index is 4.56. The van der Waals surface area contributed by atoms with Crippen LogP contribution in [0.3, 0.4) is 0 Å². The molecule has 2 nitrogen and oxygen atoms in total. The number of pyridine rings is 1. The molecule has 0 amide bonds. The molecule has 0 radical (unpaired) electrons. The summed E-state index contributed by atoms with van der Waals surface area (Å²) in [5.74, 6) is 1.05. The maximum absolute atomic E-state index is 4.56. The van der Waals surface area contributed by atoms with Crippen molar-refractivity contribution in [1.82, 2.24) is 4.98 Å². The third kappa shape index (κ3) is 2.39. The van der Waals surface area contributed by atoms with Crippen LogP contribution in [-0.2, 0) is 6.42 Å². The molecule has 1 aromatic heterocycles. The van der Waals surface area contributed by atoms with E-state index in [1.807, 2.05) is 6.20 Å². The number of hydrogen-bond donors (Lipinski definition) is 0. The predicted octanol–water partition coefficient (Wildman–Crippen LogP) is 4.55. The summed E-state index contributed by atoms with van der Waals surface area (Å²) in [7, 11) is 0. The third-order valence-electron chi connectivity index (χ3n) is 3.66. The van der Waals surface area contributed by atoms with Crippen LogP contribution >= 0.6 is 15.9 Å². The van der Waals surface area contributed by atoms with Crippen LogP contribution in [0.4, 0.5) is 11.5 Å². The molecule has 0 aliphatic carbocycles. The highest BCUT2D eigenvalue weighted by Gasteiger charge is 2.19. The van der Waals surface area contributed by atoms with Gasteiger partial charge in [0.05, 0.1) is 0 Å². The second-order valence-corrected chi connectivity index (χ2v) is 6.03. The fourth-order valence-electron chi connectivity index (χ4n) is 2.64. The van der Waals surface area contributed by atoms with Gasteiger partial charge in [0.2, 0.25) is 0 Å². The van der Waals surface area contributed by atoms with Crippen LogP contribution in [0, 0.1) is 13.8 Å². The van der Waals surface area contributed by atoms with E-state index in [4.69, 9.17) is 0 Å². The molecule has 0 bridgehead atoms. The van der Waals surface area contributed by atoms with Gasteiger partial charge < -0.3 is 4.90 Å². The molecular formula is C16H17BrN2. The topological polar surface area (TPSA) is 16.1 Å². The molecule has 2 heterocycles. The lowest BCUT2D eigenvalue weighted by Crippen LogP contribution is -2.25. The molecule has 0 spiro atoms.